The largest absolute Gasteiger partial charge is 0.394 e. The van der Waals surface area contributed by atoms with Crippen LogP contribution in [0.5, 0.6) is 0 Å². The molecular formula is C55H101NO18. The van der Waals surface area contributed by atoms with E-state index < -0.39 is 124 Å². The van der Waals surface area contributed by atoms with Crippen molar-refractivity contribution in [3.8, 4) is 0 Å². The van der Waals surface area contributed by atoms with Crippen LogP contribution >= 0.6 is 0 Å². The van der Waals surface area contributed by atoms with Crippen molar-refractivity contribution >= 4 is 5.91 Å². The van der Waals surface area contributed by atoms with E-state index >= 15 is 0 Å². The molecule has 3 aliphatic heterocycles. The van der Waals surface area contributed by atoms with Gasteiger partial charge < -0.3 is 89.9 Å². The van der Waals surface area contributed by atoms with Crippen molar-refractivity contribution in [1.29, 1.82) is 0 Å². The second kappa shape index (κ2) is 39.6. The average Bonchev–Trinajstić information content (AvgIpc) is 3.40. The van der Waals surface area contributed by atoms with Crippen molar-refractivity contribution in [1.82, 2.24) is 5.32 Å². The van der Waals surface area contributed by atoms with Gasteiger partial charge in [0.2, 0.25) is 5.91 Å². The summed E-state index contributed by atoms with van der Waals surface area (Å²) >= 11 is 0. The molecule has 0 saturated carbocycles. The number of rotatable bonds is 41. The van der Waals surface area contributed by atoms with Crippen LogP contribution in [0.4, 0.5) is 0 Å². The van der Waals surface area contributed by atoms with Crippen LogP contribution in [0.1, 0.15) is 187 Å². The van der Waals surface area contributed by atoms with E-state index in [0.717, 1.165) is 57.8 Å². The number of nitrogens with one attached hydrogen (secondary N) is 1. The Morgan fingerprint density at radius 3 is 1.41 bits per heavy atom. The Hall–Kier alpha value is -1.73. The molecule has 17 unspecified atom stereocenters. The van der Waals surface area contributed by atoms with Gasteiger partial charge in [-0.25, -0.2) is 0 Å². The van der Waals surface area contributed by atoms with Crippen LogP contribution in [-0.2, 0) is 33.2 Å². The van der Waals surface area contributed by atoms with Crippen LogP contribution in [0.25, 0.3) is 0 Å². The molecule has 0 aromatic rings. The maximum absolute atomic E-state index is 13.3. The highest BCUT2D eigenvalue weighted by Gasteiger charge is 2.53. The van der Waals surface area contributed by atoms with Gasteiger partial charge in [0.1, 0.15) is 73.2 Å². The molecule has 3 saturated heterocycles. The Morgan fingerprint density at radius 1 is 0.486 bits per heavy atom. The van der Waals surface area contributed by atoms with E-state index in [1.807, 2.05) is 0 Å². The zero-order valence-corrected chi connectivity index (χ0v) is 44.8. The molecule has 434 valence electrons. The van der Waals surface area contributed by atoms with Crippen molar-refractivity contribution in [2.24, 2.45) is 0 Å². The third-order valence-corrected chi connectivity index (χ3v) is 14.5. The quantitative estimate of drug-likeness (QED) is 0.0304. The average molecular weight is 1060 g/mol. The Balaban J connectivity index is 1.49. The monoisotopic (exact) mass is 1060 g/mol. The van der Waals surface area contributed by atoms with Crippen molar-refractivity contribution in [2.45, 2.75) is 291 Å². The standard InChI is InChI=1S/C55H101NO18/c1-3-5-7-9-11-13-15-16-17-18-19-20-21-22-23-25-27-29-31-33-43(61)56-38(39(60)32-30-28-26-24-14-12-10-8-6-4-2)37-69-53-49(67)46(64)51(41(35-58)71-53)74-55-50(68)47(65)52(42(36-59)72-55)73-54-48(66)45(63)44(62)40(34-57)70-54/h11,13,16-17,38-42,44-55,57-60,62-68H,3-10,12,14-15,18-37H2,1-2H3,(H,56,61)/b13-11-,17-16-. The number of carbonyl (C=O) groups excluding carboxylic acids is 1. The Morgan fingerprint density at radius 2 is 0.892 bits per heavy atom. The van der Waals surface area contributed by atoms with Crippen LogP contribution in [0.15, 0.2) is 24.3 Å². The first-order valence-electron chi connectivity index (χ1n) is 28.6. The first kappa shape index (κ1) is 66.5. The third-order valence-electron chi connectivity index (χ3n) is 14.5. The van der Waals surface area contributed by atoms with Gasteiger partial charge in [0, 0.05) is 6.42 Å². The van der Waals surface area contributed by atoms with Crippen LogP contribution < -0.4 is 5.32 Å². The highest BCUT2D eigenvalue weighted by molar-refractivity contribution is 5.76. The van der Waals surface area contributed by atoms with Gasteiger partial charge in [0.05, 0.1) is 38.6 Å². The lowest BCUT2D eigenvalue weighted by Crippen LogP contribution is -2.66. The summed E-state index contributed by atoms with van der Waals surface area (Å²) in [6.45, 7) is 1.72. The first-order chi connectivity index (χ1) is 35.8. The van der Waals surface area contributed by atoms with Gasteiger partial charge in [-0.1, -0.05) is 160 Å². The van der Waals surface area contributed by atoms with Gasteiger partial charge in [0.15, 0.2) is 18.9 Å². The molecule has 0 radical (unpaired) electrons. The Bertz CT molecular complexity index is 1460. The topological polar surface area (TPSA) is 307 Å². The molecule has 3 rings (SSSR count). The Kier molecular flexibility index (Phi) is 35.6. The summed E-state index contributed by atoms with van der Waals surface area (Å²) < 4.78 is 34.2. The highest BCUT2D eigenvalue weighted by atomic mass is 16.8. The molecule has 0 spiro atoms. The van der Waals surface area contributed by atoms with Crippen molar-refractivity contribution < 1.29 is 89.4 Å². The number of hydrogen-bond acceptors (Lipinski definition) is 18. The summed E-state index contributed by atoms with van der Waals surface area (Å²) in [5, 5.41) is 120. The molecule has 19 heteroatoms. The number of unbranched alkanes of at least 4 members (excludes halogenated alkanes) is 21. The second-order valence-electron chi connectivity index (χ2n) is 20.8. The van der Waals surface area contributed by atoms with E-state index in [9.17, 15) is 61.0 Å². The van der Waals surface area contributed by atoms with Crippen LogP contribution in [-0.4, -0.2) is 193 Å². The molecule has 0 aromatic heterocycles. The van der Waals surface area contributed by atoms with Gasteiger partial charge in [-0.05, 0) is 44.9 Å². The number of aliphatic hydroxyl groups excluding tert-OH is 11. The molecule has 0 aliphatic carbocycles. The van der Waals surface area contributed by atoms with Crippen molar-refractivity contribution in [2.75, 3.05) is 26.4 Å². The maximum atomic E-state index is 13.3. The van der Waals surface area contributed by atoms with E-state index in [0.29, 0.717) is 12.8 Å². The molecule has 3 heterocycles. The molecule has 12 N–H and O–H groups in total. The zero-order chi connectivity index (χ0) is 54.1. The van der Waals surface area contributed by atoms with Gasteiger partial charge in [-0.15, -0.1) is 0 Å². The number of hydrogen-bond donors (Lipinski definition) is 12. The molecule has 3 aliphatic rings. The summed E-state index contributed by atoms with van der Waals surface area (Å²) in [7, 11) is 0. The molecule has 74 heavy (non-hydrogen) atoms. The molecule has 19 nitrogen and oxygen atoms in total. The summed E-state index contributed by atoms with van der Waals surface area (Å²) in [6.07, 6.45) is 11.3. The fourth-order valence-corrected chi connectivity index (χ4v) is 9.75. The number of carbonyl (C=O) groups is 1. The normalized spacial score (nSPS) is 31.6. The summed E-state index contributed by atoms with van der Waals surface area (Å²) in [5.74, 6) is -0.250. The summed E-state index contributed by atoms with van der Waals surface area (Å²) in [6, 6.07) is -0.885. The predicted octanol–water partition coefficient (Wildman–Crippen LogP) is 3.98. The van der Waals surface area contributed by atoms with Crippen LogP contribution in [0.3, 0.4) is 0 Å². The van der Waals surface area contributed by atoms with Crippen LogP contribution in [0.2, 0.25) is 0 Å². The van der Waals surface area contributed by atoms with E-state index in [2.05, 4.69) is 43.5 Å². The first-order valence-corrected chi connectivity index (χ1v) is 28.6. The van der Waals surface area contributed by atoms with E-state index in [-0.39, 0.29) is 18.9 Å². The molecule has 0 aromatic carbocycles. The lowest BCUT2D eigenvalue weighted by molar-refractivity contribution is -0.379. The Labute approximate surface area is 441 Å². The minimum Gasteiger partial charge on any atom is -0.394 e. The zero-order valence-electron chi connectivity index (χ0n) is 44.8. The number of amides is 1. The van der Waals surface area contributed by atoms with Crippen molar-refractivity contribution in [3.05, 3.63) is 24.3 Å². The molecule has 0 bridgehead atoms. The predicted molar refractivity (Wildman–Crippen MR) is 277 cm³/mol. The molecule has 1 amide bonds. The number of allylic oxidation sites excluding steroid dienone is 4. The third kappa shape index (κ3) is 24.1. The van der Waals surface area contributed by atoms with E-state index in [1.54, 1.807) is 0 Å². The van der Waals surface area contributed by atoms with Gasteiger partial charge >= 0.3 is 0 Å². The minimum atomic E-state index is -1.97. The number of aliphatic hydroxyl groups is 11. The highest BCUT2D eigenvalue weighted by Crippen LogP contribution is 2.33. The van der Waals surface area contributed by atoms with E-state index in [4.69, 9.17) is 28.4 Å². The molecular weight excluding hydrogens is 963 g/mol. The van der Waals surface area contributed by atoms with Crippen LogP contribution in [0, 0.1) is 0 Å². The minimum absolute atomic E-state index is 0.250. The molecule has 3 fully saturated rings. The van der Waals surface area contributed by atoms with Gasteiger partial charge in [-0.3, -0.25) is 4.79 Å². The van der Waals surface area contributed by atoms with E-state index in [1.165, 1.54) is 96.3 Å². The number of ether oxygens (including phenoxy) is 6. The maximum Gasteiger partial charge on any atom is 0.220 e. The van der Waals surface area contributed by atoms with Crippen molar-refractivity contribution in [3.63, 3.8) is 0 Å². The summed E-state index contributed by atoms with van der Waals surface area (Å²) in [5.41, 5.74) is 0. The SMILES string of the molecule is CCCCC/C=C\C/C=C\CCCCCCCCCCCC(=O)NC(COC1OC(CO)C(OC2OC(CO)C(OC3OC(CO)C(O)C(O)C3O)C(O)C2O)C(O)C1O)C(O)CCCCCCCCCCCC. The summed E-state index contributed by atoms with van der Waals surface area (Å²) in [4.78, 5) is 13.3. The smallest absolute Gasteiger partial charge is 0.220 e. The fourth-order valence-electron chi connectivity index (χ4n) is 9.75. The lowest BCUT2D eigenvalue weighted by Gasteiger charge is -2.48. The second-order valence-corrected chi connectivity index (χ2v) is 20.8. The van der Waals surface area contributed by atoms with Gasteiger partial charge in [-0.2, -0.15) is 0 Å². The fraction of sp³-hybridized carbons (Fsp3) is 0.909. The van der Waals surface area contributed by atoms with Gasteiger partial charge in [0.25, 0.3) is 0 Å². The lowest BCUT2D eigenvalue weighted by atomic mass is 9.96. The molecule has 17 atom stereocenters.